The molecule has 3 aromatic heterocycles. The molecule has 1 aromatic carbocycles. The smallest absolute Gasteiger partial charge is 0.291 e. The van der Waals surface area contributed by atoms with E-state index in [9.17, 15) is 9.59 Å². The number of thiophene rings is 1. The second kappa shape index (κ2) is 7.60. The van der Waals surface area contributed by atoms with Gasteiger partial charge in [0.05, 0.1) is 22.2 Å². The van der Waals surface area contributed by atoms with Crippen LogP contribution in [-0.2, 0) is 0 Å². The first-order valence-corrected chi connectivity index (χ1v) is 9.96. The highest BCUT2D eigenvalue weighted by Crippen LogP contribution is 2.32. The normalized spacial score (nSPS) is 12.1. The van der Waals surface area contributed by atoms with Crippen LogP contribution in [0.2, 0.25) is 0 Å². The van der Waals surface area contributed by atoms with Crippen molar-refractivity contribution in [3.05, 3.63) is 76.8 Å². The Hall–Kier alpha value is -3.32. The van der Waals surface area contributed by atoms with Crippen molar-refractivity contribution >= 4 is 39.1 Å². The lowest BCUT2D eigenvalue weighted by Crippen LogP contribution is -2.29. The fourth-order valence-corrected chi connectivity index (χ4v) is 4.12. The van der Waals surface area contributed by atoms with Gasteiger partial charge in [-0.25, -0.2) is 0 Å². The predicted octanol–water partition coefficient (Wildman–Crippen LogP) is 5.48. The lowest BCUT2D eigenvalue weighted by molar-refractivity contribution is 0.0731. The molecule has 0 saturated heterocycles. The lowest BCUT2D eigenvalue weighted by Gasteiger charge is -2.23. The van der Waals surface area contributed by atoms with Crippen LogP contribution in [0.15, 0.2) is 63.6 Å². The van der Waals surface area contributed by atoms with Gasteiger partial charge in [-0.15, -0.1) is 11.3 Å². The van der Waals surface area contributed by atoms with Crippen LogP contribution in [0, 0.1) is 6.92 Å². The molecule has 1 atom stereocenters. The van der Waals surface area contributed by atoms with Crippen LogP contribution < -0.4 is 5.32 Å². The van der Waals surface area contributed by atoms with Crippen molar-refractivity contribution in [3.8, 4) is 0 Å². The molecule has 29 heavy (non-hydrogen) atoms. The average Bonchev–Trinajstić information content (AvgIpc) is 3.45. The van der Waals surface area contributed by atoms with Crippen molar-refractivity contribution in [2.45, 2.75) is 19.9 Å². The topological polar surface area (TPSA) is 75.7 Å². The standard InChI is InChI=1S/C22H20N2O4S/c1-13-11-19(23-21(25)17-9-6-10-27-17)29-20(13)22(26)24(3)14(2)18-12-15-7-4-5-8-16(15)28-18/h4-12,14H,1-3H3,(H,23,25). The fraction of sp³-hybridized carbons (Fsp3) is 0.182. The number of fused-ring (bicyclic) bond motifs is 1. The molecular weight excluding hydrogens is 388 g/mol. The largest absolute Gasteiger partial charge is 0.459 e. The Bertz CT molecular complexity index is 1140. The zero-order valence-electron chi connectivity index (χ0n) is 16.3. The summed E-state index contributed by atoms with van der Waals surface area (Å²) in [7, 11) is 1.75. The van der Waals surface area contributed by atoms with E-state index in [1.54, 1.807) is 30.1 Å². The summed E-state index contributed by atoms with van der Waals surface area (Å²) >= 11 is 1.24. The zero-order valence-corrected chi connectivity index (χ0v) is 17.1. The number of hydrogen-bond acceptors (Lipinski definition) is 5. The highest BCUT2D eigenvalue weighted by atomic mass is 32.1. The second-order valence-electron chi connectivity index (χ2n) is 6.83. The number of anilines is 1. The van der Waals surface area contributed by atoms with Gasteiger partial charge in [-0.3, -0.25) is 9.59 Å². The van der Waals surface area contributed by atoms with E-state index >= 15 is 0 Å². The number of para-hydroxylation sites is 1. The van der Waals surface area contributed by atoms with E-state index in [1.165, 1.54) is 17.6 Å². The van der Waals surface area contributed by atoms with Gasteiger partial charge >= 0.3 is 0 Å². The Morgan fingerprint density at radius 1 is 1.14 bits per heavy atom. The molecule has 0 spiro atoms. The van der Waals surface area contributed by atoms with Crippen molar-refractivity contribution in [2.75, 3.05) is 12.4 Å². The van der Waals surface area contributed by atoms with Gasteiger partial charge in [-0.2, -0.15) is 0 Å². The molecule has 0 fully saturated rings. The number of benzene rings is 1. The van der Waals surface area contributed by atoms with Crippen molar-refractivity contribution in [1.82, 2.24) is 4.90 Å². The number of nitrogens with one attached hydrogen (secondary N) is 1. The number of aryl methyl sites for hydroxylation is 1. The van der Waals surface area contributed by atoms with Gasteiger partial charge in [0.25, 0.3) is 11.8 Å². The van der Waals surface area contributed by atoms with Crippen LogP contribution >= 0.6 is 11.3 Å². The summed E-state index contributed by atoms with van der Waals surface area (Å²) in [5, 5.41) is 4.37. The molecule has 4 rings (SSSR count). The number of carbonyl (C=O) groups excluding carboxylic acids is 2. The molecule has 0 aliphatic heterocycles. The highest BCUT2D eigenvalue weighted by Gasteiger charge is 2.25. The van der Waals surface area contributed by atoms with E-state index < -0.39 is 0 Å². The van der Waals surface area contributed by atoms with Crippen LogP contribution in [-0.4, -0.2) is 23.8 Å². The van der Waals surface area contributed by atoms with Crippen LogP contribution in [0.1, 0.15) is 44.5 Å². The predicted molar refractivity (Wildman–Crippen MR) is 112 cm³/mol. The Balaban J connectivity index is 1.52. The minimum atomic E-state index is -0.348. The maximum Gasteiger partial charge on any atom is 0.291 e. The molecule has 1 N–H and O–H groups in total. The van der Waals surface area contributed by atoms with Gasteiger partial charge < -0.3 is 19.1 Å². The van der Waals surface area contributed by atoms with E-state index in [4.69, 9.17) is 8.83 Å². The number of hydrogen-bond donors (Lipinski definition) is 1. The Kier molecular flexibility index (Phi) is 4.98. The third kappa shape index (κ3) is 3.69. The molecule has 4 aromatic rings. The van der Waals surface area contributed by atoms with Crippen LogP contribution in [0.5, 0.6) is 0 Å². The van der Waals surface area contributed by atoms with E-state index in [0.717, 1.165) is 22.3 Å². The van der Waals surface area contributed by atoms with Crippen molar-refractivity contribution in [3.63, 3.8) is 0 Å². The molecular formula is C22H20N2O4S. The summed E-state index contributed by atoms with van der Waals surface area (Å²) in [6.45, 7) is 3.78. The van der Waals surface area contributed by atoms with Gasteiger partial charge in [0.2, 0.25) is 0 Å². The van der Waals surface area contributed by atoms with Gasteiger partial charge in [0.15, 0.2) is 5.76 Å². The maximum atomic E-state index is 13.1. The molecule has 2 amide bonds. The first-order valence-electron chi connectivity index (χ1n) is 9.15. The van der Waals surface area contributed by atoms with Gasteiger partial charge in [-0.05, 0) is 49.7 Å². The first kappa shape index (κ1) is 19.0. The molecule has 0 bridgehead atoms. The van der Waals surface area contributed by atoms with Crippen molar-refractivity contribution in [2.24, 2.45) is 0 Å². The quantitative estimate of drug-likeness (QED) is 0.474. The van der Waals surface area contributed by atoms with E-state index in [1.807, 2.05) is 44.2 Å². The number of amides is 2. The van der Waals surface area contributed by atoms with E-state index in [2.05, 4.69) is 5.32 Å². The summed E-state index contributed by atoms with van der Waals surface area (Å²) in [6.07, 6.45) is 1.44. The Labute approximate surface area is 171 Å². The molecule has 0 aliphatic rings. The summed E-state index contributed by atoms with van der Waals surface area (Å²) in [4.78, 5) is 27.5. The molecule has 0 aliphatic carbocycles. The van der Waals surface area contributed by atoms with Gasteiger partial charge in [0, 0.05) is 12.4 Å². The van der Waals surface area contributed by atoms with Crippen LogP contribution in [0.3, 0.4) is 0 Å². The molecule has 6 nitrogen and oxygen atoms in total. The summed E-state index contributed by atoms with van der Waals surface area (Å²) in [6, 6.07) is 14.5. The fourth-order valence-electron chi connectivity index (χ4n) is 3.07. The Morgan fingerprint density at radius 2 is 1.93 bits per heavy atom. The highest BCUT2D eigenvalue weighted by molar-refractivity contribution is 7.18. The van der Waals surface area contributed by atoms with Gasteiger partial charge in [-0.1, -0.05) is 18.2 Å². The molecule has 3 heterocycles. The van der Waals surface area contributed by atoms with Crippen LogP contribution in [0.4, 0.5) is 5.00 Å². The molecule has 0 saturated carbocycles. The monoisotopic (exact) mass is 408 g/mol. The Morgan fingerprint density at radius 3 is 2.66 bits per heavy atom. The molecule has 1 unspecified atom stereocenters. The van der Waals surface area contributed by atoms with E-state index in [0.29, 0.717) is 9.88 Å². The number of rotatable bonds is 5. The first-order chi connectivity index (χ1) is 13.9. The SMILES string of the molecule is Cc1cc(NC(=O)c2ccco2)sc1C(=O)N(C)C(C)c1cc2ccccc2o1. The second-order valence-corrected chi connectivity index (χ2v) is 7.89. The average molecular weight is 408 g/mol. The number of carbonyl (C=O) groups is 2. The number of furan rings is 2. The third-order valence-corrected chi connectivity index (χ3v) is 5.99. The van der Waals surface area contributed by atoms with Crippen molar-refractivity contribution in [1.29, 1.82) is 0 Å². The molecule has 148 valence electrons. The molecule has 0 radical (unpaired) electrons. The van der Waals surface area contributed by atoms with Crippen LogP contribution in [0.25, 0.3) is 11.0 Å². The third-order valence-electron chi connectivity index (χ3n) is 4.85. The number of nitrogens with zero attached hydrogens (tertiary/aromatic N) is 1. The maximum absolute atomic E-state index is 13.1. The van der Waals surface area contributed by atoms with Crippen molar-refractivity contribution < 1.29 is 18.4 Å². The zero-order chi connectivity index (χ0) is 20.5. The summed E-state index contributed by atoms with van der Waals surface area (Å²) < 4.78 is 11.0. The lowest BCUT2D eigenvalue weighted by atomic mass is 10.2. The summed E-state index contributed by atoms with van der Waals surface area (Å²) in [5.41, 5.74) is 1.60. The molecule has 7 heteroatoms. The van der Waals surface area contributed by atoms with Gasteiger partial charge in [0.1, 0.15) is 11.3 Å². The van der Waals surface area contributed by atoms with E-state index in [-0.39, 0.29) is 23.6 Å². The minimum Gasteiger partial charge on any atom is -0.459 e. The minimum absolute atomic E-state index is 0.126. The summed E-state index contributed by atoms with van der Waals surface area (Å²) in [5.74, 6) is 0.473.